The molecule has 0 atom stereocenters. The molecule has 0 spiro atoms. The molecule has 0 saturated heterocycles. The van der Waals surface area contributed by atoms with Crippen molar-refractivity contribution in [3.8, 4) is 5.75 Å². The molecule has 0 aliphatic rings. The molecule has 1 N–H and O–H groups in total. The van der Waals surface area contributed by atoms with Crippen molar-refractivity contribution >= 4 is 0 Å². The minimum Gasteiger partial charge on any atom is -0.494 e. The van der Waals surface area contributed by atoms with Gasteiger partial charge in [-0.05, 0) is 42.2 Å². The summed E-state index contributed by atoms with van der Waals surface area (Å²) in [6.45, 7) is 6.80. The van der Waals surface area contributed by atoms with E-state index in [1.54, 1.807) is 0 Å². The predicted octanol–water partition coefficient (Wildman–Crippen LogP) is 4.07. The zero-order chi connectivity index (χ0) is 14.2. The Morgan fingerprint density at radius 1 is 1.00 bits per heavy atom. The normalized spacial score (nSPS) is 10.5. The molecule has 0 radical (unpaired) electrons. The molecule has 0 amide bonds. The molecule has 2 nitrogen and oxygen atoms in total. The average Bonchev–Trinajstić information content (AvgIpc) is 2.48. The van der Waals surface area contributed by atoms with Crippen LogP contribution in [0.25, 0.3) is 0 Å². The summed E-state index contributed by atoms with van der Waals surface area (Å²) >= 11 is 0. The molecule has 0 bridgehead atoms. The molecule has 0 saturated carbocycles. The highest BCUT2D eigenvalue weighted by atomic mass is 16.5. The molecule has 0 heterocycles. The molecular weight excluding hydrogens is 246 g/mol. The largest absolute Gasteiger partial charge is 0.494 e. The second-order valence-electron chi connectivity index (χ2n) is 5.03. The fourth-order valence-electron chi connectivity index (χ4n) is 2.12. The van der Waals surface area contributed by atoms with Gasteiger partial charge in [0.15, 0.2) is 0 Å². The van der Waals surface area contributed by atoms with Crippen molar-refractivity contribution in [3.05, 3.63) is 65.2 Å². The topological polar surface area (TPSA) is 21.3 Å². The van der Waals surface area contributed by atoms with Crippen LogP contribution in [0.15, 0.2) is 48.5 Å². The summed E-state index contributed by atoms with van der Waals surface area (Å²) in [7, 11) is 0. The van der Waals surface area contributed by atoms with Crippen LogP contribution in [-0.2, 0) is 13.1 Å². The number of nitrogens with one attached hydrogen (secondary N) is 1. The molecule has 20 heavy (non-hydrogen) atoms. The van der Waals surface area contributed by atoms with E-state index in [0.29, 0.717) is 0 Å². The third-order valence-electron chi connectivity index (χ3n) is 3.28. The molecule has 0 aliphatic carbocycles. The van der Waals surface area contributed by atoms with E-state index in [2.05, 4.69) is 61.6 Å². The number of hydrogen-bond acceptors (Lipinski definition) is 2. The van der Waals surface area contributed by atoms with Crippen LogP contribution in [0.3, 0.4) is 0 Å². The highest BCUT2D eigenvalue weighted by Crippen LogP contribution is 2.14. The van der Waals surface area contributed by atoms with Crippen molar-refractivity contribution < 1.29 is 4.74 Å². The van der Waals surface area contributed by atoms with E-state index in [1.807, 2.05) is 6.07 Å². The second-order valence-corrected chi connectivity index (χ2v) is 5.03. The third kappa shape index (κ3) is 4.39. The maximum absolute atomic E-state index is 5.65. The van der Waals surface area contributed by atoms with Gasteiger partial charge in [0.25, 0.3) is 0 Å². The quantitative estimate of drug-likeness (QED) is 0.818. The third-order valence-corrected chi connectivity index (χ3v) is 3.28. The Morgan fingerprint density at radius 3 is 2.65 bits per heavy atom. The number of hydrogen-bond donors (Lipinski definition) is 1. The van der Waals surface area contributed by atoms with E-state index < -0.39 is 0 Å². The first kappa shape index (κ1) is 14.6. The molecule has 0 fully saturated rings. The van der Waals surface area contributed by atoms with Crippen molar-refractivity contribution in [2.24, 2.45) is 0 Å². The monoisotopic (exact) mass is 269 g/mol. The lowest BCUT2D eigenvalue weighted by atomic mass is 10.1. The Balaban J connectivity index is 1.86. The standard InChI is InChI=1S/C18H23NO/c1-3-11-20-18-10-6-8-16(12-18)13-19-14-17-9-5-4-7-15(17)2/h4-10,12,19H,3,11,13-14H2,1-2H3. The summed E-state index contributed by atoms with van der Waals surface area (Å²) in [5.41, 5.74) is 3.94. The average molecular weight is 269 g/mol. The summed E-state index contributed by atoms with van der Waals surface area (Å²) in [5.74, 6) is 0.960. The molecule has 0 aromatic heterocycles. The smallest absolute Gasteiger partial charge is 0.119 e. The van der Waals surface area contributed by atoms with Crippen molar-refractivity contribution in [2.45, 2.75) is 33.4 Å². The van der Waals surface area contributed by atoms with Crippen molar-refractivity contribution in [3.63, 3.8) is 0 Å². The van der Waals surface area contributed by atoms with Crippen LogP contribution in [0.4, 0.5) is 0 Å². The summed E-state index contributed by atoms with van der Waals surface area (Å²) < 4.78 is 5.65. The van der Waals surface area contributed by atoms with Crippen molar-refractivity contribution in [1.82, 2.24) is 5.32 Å². The Morgan fingerprint density at radius 2 is 1.85 bits per heavy atom. The summed E-state index contributed by atoms with van der Waals surface area (Å²) in [5, 5.41) is 3.49. The Kier molecular flexibility index (Phi) is 5.63. The zero-order valence-corrected chi connectivity index (χ0v) is 12.4. The molecule has 0 aliphatic heterocycles. The van der Waals surface area contributed by atoms with E-state index in [-0.39, 0.29) is 0 Å². The van der Waals surface area contributed by atoms with Crippen LogP contribution in [-0.4, -0.2) is 6.61 Å². The van der Waals surface area contributed by atoms with Crippen LogP contribution in [0.5, 0.6) is 5.75 Å². The van der Waals surface area contributed by atoms with Gasteiger partial charge in [-0.3, -0.25) is 0 Å². The first-order valence-electron chi connectivity index (χ1n) is 7.26. The molecule has 0 unspecified atom stereocenters. The van der Waals surface area contributed by atoms with Gasteiger partial charge in [0, 0.05) is 13.1 Å². The molecule has 2 rings (SSSR count). The second kappa shape index (κ2) is 7.71. The van der Waals surface area contributed by atoms with Gasteiger partial charge < -0.3 is 10.1 Å². The fraction of sp³-hybridized carbons (Fsp3) is 0.333. The lowest BCUT2D eigenvalue weighted by Gasteiger charge is -2.09. The van der Waals surface area contributed by atoms with E-state index in [0.717, 1.165) is 31.9 Å². The lowest BCUT2D eigenvalue weighted by molar-refractivity contribution is 0.317. The van der Waals surface area contributed by atoms with Crippen LogP contribution in [0.1, 0.15) is 30.0 Å². The van der Waals surface area contributed by atoms with E-state index >= 15 is 0 Å². The van der Waals surface area contributed by atoms with Crippen LogP contribution in [0.2, 0.25) is 0 Å². The summed E-state index contributed by atoms with van der Waals surface area (Å²) in [4.78, 5) is 0. The van der Waals surface area contributed by atoms with E-state index in [1.165, 1.54) is 16.7 Å². The van der Waals surface area contributed by atoms with Gasteiger partial charge in [0.2, 0.25) is 0 Å². The zero-order valence-electron chi connectivity index (χ0n) is 12.4. The molecular formula is C18H23NO. The first-order chi connectivity index (χ1) is 9.79. The predicted molar refractivity (Wildman–Crippen MR) is 84.0 cm³/mol. The van der Waals surface area contributed by atoms with Gasteiger partial charge in [-0.15, -0.1) is 0 Å². The van der Waals surface area contributed by atoms with E-state index in [9.17, 15) is 0 Å². The Hall–Kier alpha value is -1.80. The Labute approximate surface area is 121 Å². The summed E-state index contributed by atoms with van der Waals surface area (Å²) in [6, 6.07) is 16.8. The van der Waals surface area contributed by atoms with Gasteiger partial charge in [-0.25, -0.2) is 0 Å². The molecule has 2 heteroatoms. The van der Waals surface area contributed by atoms with Crippen molar-refractivity contribution in [1.29, 1.82) is 0 Å². The van der Waals surface area contributed by atoms with Crippen molar-refractivity contribution in [2.75, 3.05) is 6.61 Å². The van der Waals surface area contributed by atoms with Gasteiger partial charge >= 0.3 is 0 Å². The molecule has 106 valence electrons. The lowest BCUT2D eigenvalue weighted by Crippen LogP contribution is -2.13. The number of aryl methyl sites for hydroxylation is 1. The molecule has 2 aromatic rings. The number of benzene rings is 2. The highest BCUT2D eigenvalue weighted by Gasteiger charge is 1.99. The number of rotatable bonds is 7. The highest BCUT2D eigenvalue weighted by molar-refractivity contribution is 5.29. The first-order valence-corrected chi connectivity index (χ1v) is 7.26. The van der Waals surface area contributed by atoms with Crippen LogP contribution < -0.4 is 10.1 Å². The van der Waals surface area contributed by atoms with Gasteiger partial charge in [-0.1, -0.05) is 43.3 Å². The summed E-state index contributed by atoms with van der Waals surface area (Å²) in [6.07, 6.45) is 1.04. The minimum atomic E-state index is 0.778. The molecule has 2 aromatic carbocycles. The van der Waals surface area contributed by atoms with Gasteiger partial charge in [0.05, 0.1) is 6.61 Å². The number of ether oxygens (including phenoxy) is 1. The Bertz CT molecular complexity index is 536. The van der Waals surface area contributed by atoms with Crippen LogP contribution >= 0.6 is 0 Å². The van der Waals surface area contributed by atoms with Gasteiger partial charge in [0.1, 0.15) is 5.75 Å². The van der Waals surface area contributed by atoms with Gasteiger partial charge in [-0.2, -0.15) is 0 Å². The SMILES string of the molecule is CCCOc1cccc(CNCc2ccccc2C)c1. The maximum Gasteiger partial charge on any atom is 0.119 e. The maximum atomic E-state index is 5.65. The fourth-order valence-corrected chi connectivity index (χ4v) is 2.12. The van der Waals surface area contributed by atoms with E-state index in [4.69, 9.17) is 4.74 Å². The minimum absolute atomic E-state index is 0.778. The van der Waals surface area contributed by atoms with Crippen LogP contribution in [0, 0.1) is 6.92 Å².